The van der Waals surface area contributed by atoms with Gasteiger partial charge in [0.25, 0.3) is 0 Å². The molecule has 128 valence electrons. The molecule has 0 aliphatic rings. The van der Waals surface area contributed by atoms with Gasteiger partial charge in [-0.25, -0.2) is 9.78 Å². The van der Waals surface area contributed by atoms with Gasteiger partial charge in [0.15, 0.2) is 11.5 Å². The zero-order valence-electron chi connectivity index (χ0n) is 14.0. The van der Waals surface area contributed by atoms with E-state index in [0.717, 1.165) is 5.56 Å². The fraction of sp³-hybridized carbons (Fsp3) is 0.312. The average Bonchev–Trinajstić information content (AvgIpc) is 2.96. The van der Waals surface area contributed by atoms with Crippen molar-refractivity contribution in [2.75, 3.05) is 26.3 Å². The van der Waals surface area contributed by atoms with E-state index in [1.165, 1.54) is 18.4 Å². The molecule has 0 radical (unpaired) electrons. The second-order valence-corrected chi connectivity index (χ2v) is 5.61. The summed E-state index contributed by atoms with van der Waals surface area (Å²) in [6.45, 7) is 4.16. The zero-order chi connectivity index (χ0) is 17.5. The normalized spacial score (nSPS) is 10.7. The Kier molecular flexibility index (Phi) is 6.14. The molecule has 0 fully saturated rings. The SMILES string of the molecule is CCOc1c(/C=N/Nc2nc(C)c(C(=O)OC)s2)cccc1OC. The molecule has 8 heteroatoms. The molecule has 1 N–H and O–H groups in total. The van der Waals surface area contributed by atoms with Crippen LogP contribution in [0.25, 0.3) is 0 Å². The maximum atomic E-state index is 11.6. The van der Waals surface area contributed by atoms with Crippen LogP contribution in [0.15, 0.2) is 23.3 Å². The molecule has 24 heavy (non-hydrogen) atoms. The van der Waals surface area contributed by atoms with Crippen LogP contribution in [-0.4, -0.2) is 38.0 Å². The topological polar surface area (TPSA) is 82.0 Å². The van der Waals surface area contributed by atoms with Crippen LogP contribution in [0.1, 0.15) is 27.9 Å². The van der Waals surface area contributed by atoms with Crippen LogP contribution in [-0.2, 0) is 4.74 Å². The number of hydrazone groups is 1. The standard InChI is InChI=1S/C16H19N3O4S/c1-5-23-13-11(7-6-8-12(13)21-3)9-17-19-16-18-10(2)14(24-16)15(20)22-4/h6-9H,5H2,1-4H3,(H,18,19)/b17-9+. The van der Waals surface area contributed by atoms with Gasteiger partial charge in [0.2, 0.25) is 5.13 Å². The smallest absolute Gasteiger partial charge is 0.350 e. The van der Waals surface area contributed by atoms with E-state index in [-0.39, 0.29) is 0 Å². The summed E-state index contributed by atoms with van der Waals surface area (Å²) in [5.74, 6) is 0.853. The van der Waals surface area contributed by atoms with Gasteiger partial charge < -0.3 is 14.2 Å². The summed E-state index contributed by atoms with van der Waals surface area (Å²) in [6.07, 6.45) is 1.61. The number of methoxy groups -OCH3 is 2. The second kappa shape index (κ2) is 8.30. The third-order valence-electron chi connectivity index (χ3n) is 3.05. The summed E-state index contributed by atoms with van der Waals surface area (Å²) in [5.41, 5.74) is 4.18. The number of hydrogen-bond acceptors (Lipinski definition) is 8. The lowest BCUT2D eigenvalue weighted by Gasteiger charge is -2.11. The van der Waals surface area contributed by atoms with Crippen LogP contribution in [0.4, 0.5) is 5.13 Å². The monoisotopic (exact) mass is 349 g/mol. The molecular weight excluding hydrogens is 330 g/mol. The fourth-order valence-electron chi connectivity index (χ4n) is 1.98. The number of thiazole rings is 1. The van der Waals surface area contributed by atoms with Crippen LogP contribution in [0.5, 0.6) is 11.5 Å². The van der Waals surface area contributed by atoms with Gasteiger partial charge in [0, 0.05) is 5.56 Å². The summed E-state index contributed by atoms with van der Waals surface area (Å²) in [7, 11) is 2.93. The third kappa shape index (κ3) is 4.02. The van der Waals surface area contributed by atoms with Gasteiger partial charge in [-0.15, -0.1) is 0 Å². The molecule has 0 aliphatic carbocycles. The molecule has 2 aromatic rings. The number of rotatable bonds is 7. The summed E-state index contributed by atoms with van der Waals surface area (Å²) < 4.78 is 15.6. The summed E-state index contributed by atoms with van der Waals surface area (Å²) in [4.78, 5) is 16.3. The number of para-hydroxylation sites is 1. The summed E-state index contributed by atoms with van der Waals surface area (Å²) in [6, 6.07) is 5.54. The van der Waals surface area contributed by atoms with E-state index < -0.39 is 5.97 Å². The van der Waals surface area contributed by atoms with E-state index in [2.05, 4.69) is 15.5 Å². The molecule has 1 aromatic heterocycles. The molecule has 7 nitrogen and oxygen atoms in total. The first-order valence-corrected chi connectivity index (χ1v) is 8.07. The third-order valence-corrected chi connectivity index (χ3v) is 4.09. The number of anilines is 1. The van der Waals surface area contributed by atoms with Gasteiger partial charge in [-0.2, -0.15) is 5.10 Å². The molecule has 0 bridgehead atoms. The highest BCUT2D eigenvalue weighted by atomic mass is 32.1. The number of aromatic nitrogens is 1. The van der Waals surface area contributed by atoms with Crippen molar-refractivity contribution in [1.29, 1.82) is 0 Å². The van der Waals surface area contributed by atoms with Crippen LogP contribution < -0.4 is 14.9 Å². The Balaban J connectivity index is 2.16. The largest absolute Gasteiger partial charge is 0.493 e. The van der Waals surface area contributed by atoms with Crippen molar-refractivity contribution >= 4 is 28.7 Å². The lowest BCUT2D eigenvalue weighted by molar-refractivity contribution is 0.0605. The van der Waals surface area contributed by atoms with Crippen molar-refractivity contribution < 1.29 is 19.0 Å². The molecule has 0 saturated heterocycles. The molecule has 0 aliphatic heterocycles. The highest BCUT2D eigenvalue weighted by Gasteiger charge is 2.15. The average molecular weight is 349 g/mol. The van der Waals surface area contributed by atoms with Crippen LogP contribution in [0.2, 0.25) is 0 Å². The predicted octanol–water partition coefficient (Wildman–Crippen LogP) is 3.09. The Morgan fingerprint density at radius 1 is 1.42 bits per heavy atom. The number of hydrogen-bond donors (Lipinski definition) is 1. The number of carbonyl (C=O) groups excluding carboxylic acids is 1. The van der Waals surface area contributed by atoms with Crippen LogP contribution >= 0.6 is 11.3 Å². The minimum atomic E-state index is -0.409. The molecule has 0 atom stereocenters. The number of esters is 1. The van der Waals surface area contributed by atoms with Crippen molar-refractivity contribution in [3.8, 4) is 11.5 Å². The minimum Gasteiger partial charge on any atom is -0.493 e. The van der Waals surface area contributed by atoms with Crippen LogP contribution in [0.3, 0.4) is 0 Å². The zero-order valence-corrected chi connectivity index (χ0v) is 14.8. The molecule has 0 spiro atoms. The molecule has 0 saturated carbocycles. The Morgan fingerprint density at radius 2 is 2.21 bits per heavy atom. The number of ether oxygens (including phenoxy) is 3. The molecule has 1 heterocycles. The first-order valence-electron chi connectivity index (χ1n) is 7.25. The molecule has 1 aromatic carbocycles. The molecule has 0 unspecified atom stereocenters. The van der Waals surface area contributed by atoms with Crippen molar-refractivity contribution in [3.05, 3.63) is 34.3 Å². The van der Waals surface area contributed by atoms with E-state index in [1.807, 2.05) is 25.1 Å². The van der Waals surface area contributed by atoms with Gasteiger partial charge in [-0.05, 0) is 26.0 Å². The number of carbonyl (C=O) groups is 1. The molecular formula is C16H19N3O4S. The van der Waals surface area contributed by atoms with Gasteiger partial charge in [0.1, 0.15) is 4.88 Å². The van der Waals surface area contributed by atoms with Crippen molar-refractivity contribution in [1.82, 2.24) is 4.98 Å². The van der Waals surface area contributed by atoms with Gasteiger partial charge in [-0.3, -0.25) is 5.43 Å². The first-order chi connectivity index (χ1) is 11.6. The number of nitrogens with zero attached hydrogens (tertiary/aromatic N) is 2. The van der Waals surface area contributed by atoms with Gasteiger partial charge >= 0.3 is 5.97 Å². The lowest BCUT2D eigenvalue weighted by atomic mass is 10.2. The van der Waals surface area contributed by atoms with Gasteiger partial charge in [0.05, 0.1) is 32.7 Å². The molecule has 2 rings (SSSR count). The highest BCUT2D eigenvalue weighted by molar-refractivity contribution is 7.17. The van der Waals surface area contributed by atoms with Gasteiger partial charge in [-0.1, -0.05) is 17.4 Å². The molecule has 0 amide bonds. The number of benzene rings is 1. The fourth-order valence-corrected chi connectivity index (χ4v) is 2.81. The maximum absolute atomic E-state index is 11.6. The number of nitrogens with one attached hydrogen (secondary N) is 1. The first kappa shape index (κ1) is 17.7. The van der Waals surface area contributed by atoms with Crippen molar-refractivity contribution in [2.45, 2.75) is 13.8 Å². The quantitative estimate of drug-likeness (QED) is 0.470. The summed E-state index contributed by atoms with van der Waals surface area (Å²) in [5, 5.41) is 4.66. The van der Waals surface area contributed by atoms with Crippen molar-refractivity contribution in [3.63, 3.8) is 0 Å². The number of aryl methyl sites for hydroxylation is 1. The van der Waals surface area contributed by atoms with Crippen molar-refractivity contribution in [2.24, 2.45) is 5.10 Å². The second-order valence-electron chi connectivity index (χ2n) is 4.61. The Bertz CT molecular complexity index is 743. The maximum Gasteiger partial charge on any atom is 0.350 e. The van der Waals surface area contributed by atoms with E-state index in [9.17, 15) is 4.79 Å². The Morgan fingerprint density at radius 3 is 2.88 bits per heavy atom. The van der Waals surface area contributed by atoms with E-state index >= 15 is 0 Å². The van der Waals surface area contributed by atoms with Crippen LogP contribution in [0, 0.1) is 6.92 Å². The Labute approximate surface area is 144 Å². The lowest BCUT2D eigenvalue weighted by Crippen LogP contribution is -2.00. The van der Waals surface area contributed by atoms with E-state index in [4.69, 9.17) is 14.2 Å². The van der Waals surface area contributed by atoms with E-state index in [0.29, 0.717) is 33.8 Å². The minimum absolute atomic E-state index is 0.409. The summed E-state index contributed by atoms with van der Waals surface area (Å²) >= 11 is 1.18. The Hall–Kier alpha value is -2.61. The highest BCUT2D eigenvalue weighted by Crippen LogP contribution is 2.30. The van der Waals surface area contributed by atoms with E-state index in [1.54, 1.807) is 20.2 Å². The predicted molar refractivity (Wildman–Crippen MR) is 93.6 cm³/mol.